The second kappa shape index (κ2) is 4.12. The van der Waals surface area contributed by atoms with Crippen molar-refractivity contribution in [2.75, 3.05) is 0 Å². The summed E-state index contributed by atoms with van der Waals surface area (Å²) in [7, 11) is -5.67. The predicted molar refractivity (Wildman–Crippen MR) is 68.2 cm³/mol. The monoisotopic (exact) mass is 321 g/mol. The third-order valence-electron chi connectivity index (χ3n) is 4.54. The Balaban J connectivity index is 1.93. The van der Waals surface area contributed by atoms with Gasteiger partial charge in [0, 0.05) is 12.0 Å². The molecular formula is C13H14F3NO3S. The van der Waals surface area contributed by atoms with E-state index in [1.807, 2.05) is 0 Å². The van der Waals surface area contributed by atoms with E-state index in [0.717, 1.165) is 18.4 Å². The Morgan fingerprint density at radius 3 is 2.62 bits per heavy atom. The van der Waals surface area contributed by atoms with Crippen molar-refractivity contribution in [3.63, 3.8) is 0 Å². The molecule has 8 heteroatoms. The Morgan fingerprint density at radius 1 is 1.33 bits per heavy atom. The minimum Gasteiger partial charge on any atom is -0.355 e. The first kappa shape index (κ1) is 14.6. The topological polar surface area (TPSA) is 56.3 Å². The summed E-state index contributed by atoms with van der Waals surface area (Å²) in [6.07, 6.45) is 1.83. The highest BCUT2D eigenvalue weighted by Crippen LogP contribution is 2.68. The molecule has 0 unspecified atom stereocenters. The smallest absolute Gasteiger partial charge is 0.355 e. The minimum absolute atomic E-state index is 0.0553. The lowest BCUT2D eigenvalue weighted by atomic mass is 9.96. The molecule has 21 heavy (non-hydrogen) atoms. The van der Waals surface area contributed by atoms with Gasteiger partial charge in [-0.05, 0) is 29.7 Å². The molecule has 0 saturated heterocycles. The Hall–Kier alpha value is -1.31. The van der Waals surface area contributed by atoms with Crippen molar-refractivity contribution >= 4 is 10.1 Å². The number of hydrogen-bond acceptors (Lipinski definition) is 4. The fourth-order valence-electron chi connectivity index (χ4n) is 3.31. The van der Waals surface area contributed by atoms with E-state index in [9.17, 15) is 21.6 Å². The van der Waals surface area contributed by atoms with E-state index >= 15 is 0 Å². The number of pyridine rings is 1. The second-order valence-corrected chi connectivity index (χ2v) is 7.66. The van der Waals surface area contributed by atoms with Gasteiger partial charge in [0.05, 0.1) is 5.69 Å². The molecule has 1 fully saturated rings. The van der Waals surface area contributed by atoms with Crippen molar-refractivity contribution in [3.05, 3.63) is 23.4 Å². The summed E-state index contributed by atoms with van der Waals surface area (Å²) in [6.45, 7) is 4.16. The Kier molecular flexibility index (Phi) is 2.87. The third-order valence-corrected chi connectivity index (χ3v) is 5.49. The van der Waals surface area contributed by atoms with Crippen molar-refractivity contribution in [2.24, 2.45) is 11.3 Å². The van der Waals surface area contributed by atoms with Crippen LogP contribution in [0, 0.1) is 11.3 Å². The lowest BCUT2D eigenvalue weighted by Gasteiger charge is -2.15. The highest BCUT2D eigenvalue weighted by molar-refractivity contribution is 7.87. The number of fused-ring (bicyclic) bond motifs is 3. The molecule has 0 amide bonds. The first-order valence-electron chi connectivity index (χ1n) is 6.54. The zero-order valence-electron chi connectivity index (χ0n) is 11.4. The molecule has 0 radical (unpaired) electrons. The van der Waals surface area contributed by atoms with Gasteiger partial charge < -0.3 is 4.18 Å². The van der Waals surface area contributed by atoms with Gasteiger partial charge in [-0.3, -0.25) is 0 Å². The molecule has 1 aromatic rings. The van der Waals surface area contributed by atoms with Gasteiger partial charge in [-0.25, -0.2) is 4.98 Å². The van der Waals surface area contributed by atoms with Crippen LogP contribution < -0.4 is 4.18 Å². The fourth-order valence-corrected chi connectivity index (χ4v) is 3.72. The van der Waals surface area contributed by atoms with Crippen LogP contribution in [0.4, 0.5) is 13.2 Å². The predicted octanol–water partition coefficient (Wildman–Crippen LogP) is 3.00. The molecule has 1 saturated carbocycles. The molecule has 1 aromatic heterocycles. The summed E-state index contributed by atoms with van der Waals surface area (Å²) in [5.41, 5.74) is -3.77. The number of rotatable bonds is 2. The van der Waals surface area contributed by atoms with Gasteiger partial charge in [-0.2, -0.15) is 21.6 Å². The van der Waals surface area contributed by atoms with Gasteiger partial charge in [0.25, 0.3) is 0 Å². The van der Waals surface area contributed by atoms with Crippen LogP contribution in [0.2, 0.25) is 0 Å². The number of aromatic nitrogens is 1. The van der Waals surface area contributed by atoms with Crippen LogP contribution in [0.25, 0.3) is 0 Å². The molecule has 4 nitrogen and oxygen atoms in total. The molecule has 1 heterocycles. The highest BCUT2D eigenvalue weighted by atomic mass is 32.2. The quantitative estimate of drug-likeness (QED) is 0.621. The van der Waals surface area contributed by atoms with E-state index < -0.39 is 21.5 Å². The number of hydrogen-bond donors (Lipinski definition) is 0. The van der Waals surface area contributed by atoms with Crippen LogP contribution in [0.1, 0.15) is 37.4 Å². The molecule has 2 aliphatic rings. The van der Waals surface area contributed by atoms with E-state index in [-0.39, 0.29) is 11.3 Å². The van der Waals surface area contributed by atoms with E-state index in [0.29, 0.717) is 11.6 Å². The Morgan fingerprint density at radius 2 is 2.00 bits per heavy atom. The fraction of sp³-hybridized carbons (Fsp3) is 0.615. The Bertz CT molecular complexity index is 697. The zero-order valence-corrected chi connectivity index (χ0v) is 12.3. The lowest BCUT2D eigenvalue weighted by molar-refractivity contribution is -0.0501. The molecule has 116 valence electrons. The first-order chi connectivity index (χ1) is 9.54. The summed E-state index contributed by atoms with van der Waals surface area (Å²) >= 11 is 0. The maximum Gasteiger partial charge on any atom is 0.534 e. The maximum absolute atomic E-state index is 12.3. The van der Waals surface area contributed by atoms with Crippen molar-refractivity contribution in [1.29, 1.82) is 0 Å². The van der Waals surface area contributed by atoms with E-state index in [4.69, 9.17) is 0 Å². The second-order valence-electron chi connectivity index (χ2n) is 6.12. The average Bonchev–Trinajstić information content (AvgIpc) is 2.90. The van der Waals surface area contributed by atoms with Gasteiger partial charge in [0.1, 0.15) is 0 Å². The van der Waals surface area contributed by atoms with Crippen molar-refractivity contribution in [3.8, 4) is 5.88 Å². The van der Waals surface area contributed by atoms with Crippen LogP contribution in [0.15, 0.2) is 12.1 Å². The van der Waals surface area contributed by atoms with Crippen molar-refractivity contribution < 1.29 is 25.8 Å². The first-order valence-corrected chi connectivity index (χ1v) is 7.95. The van der Waals surface area contributed by atoms with Gasteiger partial charge in [-0.15, -0.1) is 0 Å². The molecule has 3 rings (SSSR count). The Labute approximate surface area is 120 Å². The maximum atomic E-state index is 12.3. The van der Waals surface area contributed by atoms with Crippen LogP contribution in [-0.2, 0) is 16.5 Å². The van der Waals surface area contributed by atoms with Gasteiger partial charge in [0.15, 0.2) is 0 Å². The standard InChI is InChI=1S/C13H14F3NO3S/c1-12(2)8-5-3-7-4-6-9(17-11(7)10(8)12)20-21(18,19)13(14,15)16/h4,6,8,10H,3,5H2,1-2H3/t8-,10-/m1/s1. The molecule has 0 bridgehead atoms. The third kappa shape index (κ3) is 2.20. The molecule has 2 atom stereocenters. The van der Waals surface area contributed by atoms with Crippen LogP contribution in [-0.4, -0.2) is 18.9 Å². The van der Waals surface area contributed by atoms with E-state index in [1.165, 1.54) is 6.07 Å². The van der Waals surface area contributed by atoms with Gasteiger partial charge in [-0.1, -0.05) is 19.9 Å². The molecule has 0 N–H and O–H groups in total. The number of halogens is 3. The zero-order chi connectivity index (χ0) is 15.6. The highest BCUT2D eigenvalue weighted by Gasteiger charge is 2.60. The average molecular weight is 321 g/mol. The summed E-state index contributed by atoms with van der Waals surface area (Å²) in [4.78, 5) is 4.03. The summed E-state index contributed by atoms with van der Waals surface area (Å²) in [6, 6.07) is 2.78. The SMILES string of the molecule is CC1(C)[C@@H]2CCc3ccc(OS(=O)(=O)C(F)(F)F)nc3[C@@H]21. The van der Waals surface area contributed by atoms with Crippen LogP contribution >= 0.6 is 0 Å². The van der Waals surface area contributed by atoms with Gasteiger partial charge in [0.2, 0.25) is 5.88 Å². The molecule has 0 aliphatic heterocycles. The van der Waals surface area contributed by atoms with Crippen LogP contribution in [0.3, 0.4) is 0 Å². The minimum atomic E-state index is -5.67. The van der Waals surface area contributed by atoms with E-state index in [2.05, 4.69) is 23.0 Å². The number of nitrogens with zero attached hydrogens (tertiary/aromatic N) is 1. The van der Waals surface area contributed by atoms with Crippen molar-refractivity contribution in [2.45, 2.75) is 38.1 Å². The molecule has 0 aromatic carbocycles. The molecular weight excluding hydrogens is 307 g/mol. The summed E-state index contributed by atoms with van der Waals surface area (Å²) < 4.78 is 63.1. The largest absolute Gasteiger partial charge is 0.534 e. The number of aryl methyl sites for hydroxylation is 1. The van der Waals surface area contributed by atoms with E-state index in [1.54, 1.807) is 6.07 Å². The molecule has 2 aliphatic carbocycles. The summed E-state index contributed by atoms with van der Waals surface area (Å²) in [5, 5.41) is 0. The van der Waals surface area contributed by atoms with Gasteiger partial charge >= 0.3 is 15.6 Å². The summed E-state index contributed by atoms with van der Waals surface area (Å²) in [5.74, 6) is 0.0970. The van der Waals surface area contributed by atoms with Crippen LogP contribution in [0.5, 0.6) is 5.88 Å². The lowest BCUT2D eigenvalue weighted by Crippen LogP contribution is -2.28. The normalized spacial score (nSPS) is 26.7. The van der Waals surface area contributed by atoms with Crippen molar-refractivity contribution in [1.82, 2.24) is 4.98 Å². The number of alkyl halides is 3. The molecule has 0 spiro atoms.